The Bertz CT molecular complexity index is 2780. The minimum atomic E-state index is 0.874. The van der Waals surface area contributed by atoms with E-state index in [2.05, 4.69) is 144 Å². The van der Waals surface area contributed by atoms with E-state index in [1.54, 1.807) is 0 Å². The van der Waals surface area contributed by atoms with Crippen molar-refractivity contribution in [2.45, 2.75) is 0 Å². The predicted molar refractivity (Wildman–Crippen MR) is 197 cm³/mol. The van der Waals surface area contributed by atoms with Crippen LogP contribution in [0.3, 0.4) is 0 Å². The summed E-state index contributed by atoms with van der Waals surface area (Å²) in [4.78, 5) is 10.2. The molecule has 3 aromatic heterocycles. The van der Waals surface area contributed by atoms with Crippen LogP contribution in [0.2, 0.25) is 0 Å². The molecule has 10 aromatic rings. The Morgan fingerprint density at radius 3 is 1.66 bits per heavy atom. The fourth-order valence-electron chi connectivity index (χ4n) is 7.52. The molecule has 0 amide bonds. The van der Waals surface area contributed by atoms with Crippen LogP contribution in [0.4, 0.5) is 0 Å². The van der Waals surface area contributed by atoms with E-state index in [1.165, 1.54) is 54.6 Å². The fourth-order valence-corrected chi connectivity index (χ4v) is 7.52. The van der Waals surface area contributed by atoms with Crippen LogP contribution in [-0.2, 0) is 0 Å². The van der Waals surface area contributed by atoms with Gasteiger partial charge in [0.05, 0.1) is 5.69 Å². The topological polar surface area (TPSA) is 30.2 Å². The molecule has 3 nitrogen and oxygen atoms in total. The Morgan fingerprint density at radius 1 is 0.383 bits per heavy atom. The average Bonchev–Trinajstić information content (AvgIpc) is 3.52. The van der Waals surface area contributed by atoms with Crippen molar-refractivity contribution >= 4 is 59.9 Å². The van der Waals surface area contributed by atoms with Crippen molar-refractivity contribution < 1.29 is 0 Å². The zero-order valence-electron chi connectivity index (χ0n) is 25.4. The van der Waals surface area contributed by atoms with Crippen LogP contribution in [0.15, 0.2) is 164 Å². The lowest BCUT2D eigenvalue weighted by Crippen LogP contribution is -1.93. The van der Waals surface area contributed by atoms with E-state index in [-0.39, 0.29) is 0 Å². The maximum atomic E-state index is 5.23. The summed E-state index contributed by atoms with van der Waals surface area (Å²) in [6.45, 7) is 0. The lowest BCUT2D eigenvalue weighted by molar-refractivity contribution is 1.19. The zero-order valence-corrected chi connectivity index (χ0v) is 25.4. The molecule has 10 rings (SSSR count). The van der Waals surface area contributed by atoms with Gasteiger partial charge in [0.2, 0.25) is 0 Å². The molecule has 0 saturated carbocycles. The first-order valence-corrected chi connectivity index (χ1v) is 16.0. The summed E-state index contributed by atoms with van der Waals surface area (Å²) in [7, 11) is 0. The van der Waals surface area contributed by atoms with E-state index < -0.39 is 0 Å². The smallest absolute Gasteiger partial charge is 0.165 e. The van der Waals surface area contributed by atoms with E-state index in [1.807, 2.05) is 24.4 Å². The number of hydrogen-bond acceptors (Lipinski definition) is 2. The summed E-state index contributed by atoms with van der Waals surface area (Å²) in [5.41, 5.74) is 9.73. The normalized spacial score (nSPS) is 11.8. The van der Waals surface area contributed by atoms with Gasteiger partial charge in [0, 0.05) is 22.5 Å². The molecule has 7 aromatic carbocycles. The van der Waals surface area contributed by atoms with Crippen molar-refractivity contribution in [1.82, 2.24) is 14.4 Å². The number of nitrogens with zero attached hydrogens (tertiary/aromatic N) is 3. The Morgan fingerprint density at radius 2 is 0.936 bits per heavy atom. The molecule has 0 N–H and O–H groups in total. The molecule has 0 aliphatic heterocycles. The highest BCUT2D eigenvalue weighted by atomic mass is 15.1. The number of fused-ring (bicyclic) bond motifs is 8. The van der Waals surface area contributed by atoms with Gasteiger partial charge in [-0.2, -0.15) is 0 Å². The minimum Gasteiger partial charge on any atom is -0.284 e. The van der Waals surface area contributed by atoms with E-state index in [4.69, 9.17) is 9.97 Å². The van der Waals surface area contributed by atoms with Gasteiger partial charge in [0.15, 0.2) is 5.65 Å². The molecule has 47 heavy (non-hydrogen) atoms. The maximum Gasteiger partial charge on any atom is 0.165 e. The third-order valence-electron chi connectivity index (χ3n) is 9.60. The van der Waals surface area contributed by atoms with Gasteiger partial charge in [-0.05, 0) is 66.7 Å². The second-order valence-electron chi connectivity index (χ2n) is 12.2. The van der Waals surface area contributed by atoms with Gasteiger partial charge in [-0.25, -0.2) is 9.97 Å². The zero-order chi connectivity index (χ0) is 30.9. The third kappa shape index (κ3) is 3.87. The van der Waals surface area contributed by atoms with E-state index >= 15 is 0 Å². The molecule has 0 spiro atoms. The fraction of sp³-hybridized carbons (Fsp3) is 0. The Hall–Kier alpha value is -6.32. The summed E-state index contributed by atoms with van der Waals surface area (Å²) in [5, 5.41) is 9.74. The first kappa shape index (κ1) is 26.0. The number of imidazole rings is 1. The number of aromatic nitrogens is 3. The van der Waals surface area contributed by atoms with E-state index in [0.717, 1.165) is 38.8 Å². The van der Waals surface area contributed by atoms with Gasteiger partial charge >= 0.3 is 0 Å². The van der Waals surface area contributed by atoms with Crippen LogP contribution in [0, 0.1) is 0 Å². The minimum absolute atomic E-state index is 0.874. The Labute approximate surface area is 271 Å². The molecule has 0 unspecified atom stereocenters. The van der Waals surface area contributed by atoms with Crippen LogP contribution in [0.1, 0.15) is 0 Å². The summed E-state index contributed by atoms with van der Waals surface area (Å²) < 4.78 is 2.08. The summed E-state index contributed by atoms with van der Waals surface area (Å²) in [6, 6.07) is 56.6. The highest BCUT2D eigenvalue weighted by Gasteiger charge is 2.19. The maximum absolute atomic E-state index is 5.23. The summed E-state index contributed by atoms with van der Waals surface area (Å²) in [6.07, 6.45) is 2.04. The van der Waals surface area contributed by atoms with Gasteiger partial charge in [0.25, 0.3) is 0 Å². The molecule has 0 bridgehead atoms. The average molecular weight is 598 g/mol. The lowest BCUT2D eigenvalue weighted by atomic mass is 9.84. The molecule has 0 aliphatic rings. The molecular formula is C44H27N3. The monoisotopic (exact) mass is 597 g/mol. The quantitative estimate of drug-likeness (QED) is 0.190. The van der Waals surface area contributed by atoms with Gasteiger partial charge in [-0.1, -0.05) is 146 Å². The summed E-state index contributed by atoms with van der Waals surface area (Å²) in [5.74, 6) is 0. The lowest BCUT2D eigenvalue weighted by Gasteiger charge is -2.19. The second kappa shape index (κ2) is 10.1. The predicted octanol–water partition coefficient (Wildman–Crippen LogP) is 11.5. The first-order valence-electron chi connectivity index (χ1n) is 16.0. The second-order valence-corrected chi connectivity index (χ2v) is 12.2. The largest absolute Gasteiger partial charge is 0.284 e. The Balaban J connectivity index is 1.21. The highest BCUT2D eigenvalue weighted by molar-refractivity contribution is 6.23. The first-order chi connectivity index (χ1) is 23.3. The van der Waals surface area contributed by atoms with Crippen LogP contribution < -0.4 is 0 Å². The van der Waals surface area contributed by atoms with Gasteiger partial charge in [0.1, 0.15) is 11.2 Å². The van der Waals surface area contributed by atoms with E-state index in [9.17, 15) is 0 Å². The van der Waals surface area contributed by atoms with Gasteiger partial charge < -0.3 is 0 Å². The molecule has 3 heterocycles. The molecule has 3 heteroatoms. The van der Waals surface area contributed by atoms with Crippen molar-refractivity contribution in [3.8, 4) is 33.5 Å². The van der Waals surface area contributed by atoms with Crippen molar-refractivity contribution in [2.24, 2.45) is 0 Å². The standard InChI is InChI=1S/C44H27N3/c1-2-14-31-28(12-1)13-11-21-32(31)41-35-17-5-3-15-33(35)40(34-16-4-6-18-36(34)41)29-23-25-30(26-24-29)42-37-19-7-8-20-38(37)43-44(46-42)47-27-10-9-22-39(47)45-43/h1-27H. The van der Waals surface area contributed by atoms with Crippen molar-refractivity contribution in [3.05, 3.63) is 164 Å². The molecule has 0 atom stereocenters. The molecular weight excluding hydrogens is 571 g/mol. The van der Waals surface area contributed by atoms with Crippen LogP contribution in [0.25, 0.3) is 93.4 Å². The van der Waals surface area contributed by atoms with Crippen LogP contribution in [0.5, 0.6) is 0 Å². The molecule has 0 fully saturated rings. The SMILES string of the molecule is c1ccc2c(-c3c4ccccc4c(-c4ccc(-c5nc6c(nc7ccccn76)c6ccccc56)cc4)c4ccccc34)cccc2c1. The van der Waals surface area contributed by atoms with Crippen molar-refractivity contribution in [2.75, 3.05) is 0 Å². The summed E-state index contributed by atoms with van der Waals surface area (Å²) >= 11 is 0. The number of benzene rings is 7. The van der Waals surface area contributed by atoms with Crippen molar-refractivity contribution in [3.63, 3.8) is 0 Å². The third-order valence-corrected chi connectivity index (χ3v) is 9.60. The van der Waals surface area contributed by atoms with Crippen LogP contribution >= 0.6 is 0 Å². The number of hydrogen-bond donors (Lipinski definition) is 0. The molecule has 0 aliphatic carbocycles. The Kier molecular flexibility index (Phi) is 5.57. The van der Waals surface area contributed by atoms with E-state index in [0.29, 0.717) is 0 Å². The van der Waals surface area contributed by atoms with Gasteiger partial charge in [-0.3, -0.25) is 4.40 Å². The number of rotatable bonds is 3. The molecule has 218 valence electrons. The van der Waals surface area contributed by atoms with Gasteiger partial charge in [-0.15, -0.1) is 0 Å². The molecule has 0 radical (unpaired) electrons. The van der Waals surface area contributed by atoms with Crippen molar-refractivity contribution in [1.29, 1.82) is 0 Å². The van der Waals surface area contributed by atoms with Crippen LogP contribution in [-0.4, -0.2) is 14.4 Å². The number of pyridine rings is 2. The highest BCUT2D eigenvalue weighted by Crippen LogP contribution is 2.45. The molecule has 0 saturated heterocycles.